The van der Waals surface area contributed by atoms with E-state index in [0.29, 0.717) is 11.7 Å². The quantitative estimate of drug-likeness (QED) is 0.869. The molecule has 2 aromatic rings. The van der Waals surface area contributed by atoms with Gasteiger partial charge < -0.3 is 5.73 Å². The minimum atomic E-state index is -0.238. The van der Waals surface area contributed by atoms with E-state index in [2.05, 4.69) is 15.2 Å². The van der Waals surface area contributed by atoms with Crippen LogP contribution < -0.4 is 5.73 Å². The Balaban J connectivity index is 1.80. The number of nitrogens with zero attached hydrogens (tertiary/aromatic N) is 2. The topological polar surface area (TPSA) is 67.6 Å². The molecule has 0 unspecified atom stereocenters. The maximum Gasteiger partial charge on any atom is 0.171 e. The van der Waals surface area contributed by atoms with Gasteiger partial charge in [0, 0.05) is 5.92 Å². The fourth-order valence-electron chi connectivity index (χ4n) is 2.62. The number of hydrogen-bond acceptors (Lipinski definition) is 3. The summed E-state index contributed by atoms with van der Waals surface area (Å²) in [5, 5.41) is 7.33. The van der Waals surface area contributed by atoms with Crippen molar-refractivity contribution in [2.75, 3.05) is 0 Å². The van der Waals surface area contributed by atoms with Gasteiger partial charge in [0.1, 0.15) is 5.82 Å². The number of hydrogen-bond donors (Lipinski definition) is 2. The van der Waals surface area contributed by atoms with Crippen LogP contribution in [0.4, 0.5) is 0 Å². The zero-order valence-electron chi connectivity index (χ0n) is 10.3. The number of nitrogens with two attached hydrogens (primary N) is 1. The molecule has 94 valence electrons. The molecule has 1 aliphatic rings. The highest BCUT2D eigenvalue weighted by atomic mass is 15.2. The molecule has 1 aliphatic carbocycles. The zero-order valence-corrected chi connectivity index (χ0v) is 10.3. The van der Waals surface area contributed by atoms with Gasteiger partial charge in [-0.25, -0.2) is 4.98 Å². The van der Waals surface area contributed by atoms with Crippen LogP contribution in [-0.4, -0.2) is 15.2 Å². The van der Waals surface area contributed by atoms with Gasteiger partial charge in [-0.3, -0.25) is 5.10 Å². The van der Waals surface area contributed by atoms with Crippen LogP contribution in [0.3, 0.4) is 0 Å². The summed E-state index contributed by atoms with van der Waals surface area (Å²) in [4.78, 5) is 4.58. The molecule has 1 atom stereocenters. The molecule has 0 spiro atoms. The molecular weight excluding hydrogens is 224 g/mol. The van der Waals surface area contributed by atoms with Crippen molar-refractivity contribution in [2.24, 2.45) is 5.73 Å². The highest BCUT2D eigenvalue weighted by molar-refractivity contribution is 5.24. The zero-order chi connectivity index (χ0) is 12.4. The molecule has 1 fully saturated rings. The largest absolute Gasteiger partial charge is 0.318 e. The second kappa shape index (κ2) is 4.90. The molecule has 4 nitrogen and oxygen atoms in total. The maximum atomic E-state index is 6.18. The van der Waals surface area contributed by atoms with Gasteiger partial charge in [-0.1, -0.05) is 43.2 Å². The first kappa shape index (κ1) is 11.4. The van der Waals surface area contributed by atoms with Gasteiger partial charge in [0.2, 0.25) is 0 Å². The summed E-state index contributed by atoms with van der Waals surface area (Å²) in [5.74, 6) is 2.26. The highest BCUT2D eigenvalue weighted by Crippen LogP contribution is 2.32. The second-order valence-corrected chi connectivity index (χ2v) is 4.95. The predicted molar refractivity (Wildman–Crippen MR) is 70.1 cm³/mol. The highest BCUT2D eigenvalue weighted by Gasteiger charge is 2.22. The Morgan fingerprint density at radius 2 is 1.89 bits per heavy atom. The Morgan fingerprint density at radius 1 is 1.17 bits per heavy atom. The van der Waals surface area contributed by atoms with Crippen molar-refractivity contribution in [3.05, 3.63) is 47.5 Å². The number of H-pyrrole nitrogens is 1. The Morgan fingerprint density at radius 3 is 2.61 bits per heavy atom. The van der Waals surface area contributed by atoms with Crippen molar-refractivity contribution in [3.63, 3.8) is 0 Å². The van der Waals surface area contributed by atoms with Crippen LogP contribution in [-0.2, 0) is 0 Å². The summed E-state index contributed by atoms with van der Waals surface area (Å²) >= 11 is 0. The van der Waals surface area contributed by atoms with E-state index in [9.17, 15) is 0 Å². The first-order valence-electron chi connectivity index (χ1n) is 6.57. The first-order chi connectivity index (χ1) is 8.84. The first-order valence-corrected chi connectivity index (χ1v) is 6.57. The molecule has 1 aromatic heterocycles. The molecule has 1 aromatic carbocycles. The molecule has 18 heavy (non-hydrogen) atoms. The average Bonchev–Trinajstić information content (AvgIpc) is 3.09. The molecule has 3 rings (SSSR count). The Hall–Kier alpha value is -1.68. The maximum absolute atomic E-state index is 6.18. The van der Waals surface area contributed by atoms with E-state index in [4.69, 9.17) is 5.73 Å². The van der Waals surface area contributed by atoms with E-state index in [1.807, 2.05) is 30.3 Å². The van der Waals surface area contributed by atoms with Crippen LogP contribution >= 0.6 is 0 Å². The lowest BCUT2D eigenvalue weighted by Gasteiger charge is -2.07. The third-order valence-corrected chi connectivity index (χ3v) is 3.70. The number of rotatable bonds is 3. The summed E-state index contributed by atoms with van der Waals surface area (Å²) in [6.45, 7) is 0. The smallest absolute Gasteiger partial charge is 0.171 e. The third kappa shape index (κ3) is 2.16. The summed E-state index contributed by atoms with van der Waals surface area (Å²) < 4.78 is 0. The Bertz CT molecular complexity index is 500. The van der Waals surface area contributed by atoms with Crippen LogP contribution in [0.25, 0.3) is 0 Å². The molecule has 0 radical (unpaired) electrons. The second-order valence-electron chi connectivity index (χ2n) is 4.95. The van der Waals surface area contributed by atoms with E-state index >= 15 is 0 Å². The van der Waals surface area contributed by atoms with E-state index in [1.165, 1.54) is 25.7 Å². The summed E-state index contributed by atoms with van der Waals surface area (Å²) in [6.07, 6.45) is 5.03. The number of aromatic nitrogens is 3. The molecule has 0 bridgehead atoms. The Kier molecular flexibility index (Phi) is 3.11. The normalized spacial score (nSPS) is 18.1. The van der Waals surface area contributed by atoms with Crippen LogP contribution in [0.1, 0.15) is 54.9 Å². The Labute approximate surface area is 107 Å². The van der Waals surface area contributed by atoms with Crippen LogP contribution in [0, 0.1) is 0 Å². The molecule has 1 saturated carbocycles. The van der Waals surface area contributed by atoms with Gasteiger partial charge >= 0.3 is 0 Å². The third-order valence-electron chi connectivity index (χ3n) is 3.70. The monoisotopic (exact) mass is 242 g/mol. The van der Waals surface area contributed by atoms with E-state index in [1.54, 1.807) is 0 Å². The van der Waals surface area contributed by atoms with E-state index in [0.717, 1.165) is 11.4 Å². The average molecular weight is 242 g/mol. The van der Waals surface area contributed by atoms with Gasteiger partial charge in [-0.15, -0.1) is 0 Å². The van der Waals surface area contributed by atoms with Gasteiger partial charge in [0.05, 0.1) is 6.04 Å². The fourth-order valence-corrected chi connectivity index (χ4v) is 2.62. The molecule has 1 heterocycles. The summed E-state index contributed by atoms with van der Waals surface area (Å²) in [7, 11) is 0. The minimum absolute atomic E-state index is 0.238. The standard InChI is InChI=1S/C14H18N4/c15-12(10-6-2-1-3-7-10)14-16-13(17-18-14)11-8-4-5-9-11/h1-3,6-7,11-12H,4-5,8-9,15H2,(H,16,17,18)/t12-/m0/s1. The van der Waals surface area contributed by atoms with Crippen LogP contribution in [0.5, 0.6) is 0 Å². The van der Waals surface area contributed by atoms with Crippen LogP contribution in [0.15, 0.2) is 30.3 Å². The molecule has 0 saturated heterocycles. The van der Waals surface area contributed by atoms with Gasteiger partial charge in [0.15, 0.2) is 5.82 Å². The number of nitrogens with one attached hydrogen (secondary N) is 1. The van der Waals surface area contributed by atoms with E-state index in [-0.39, 0.29) is 6.04 Å². The van der Waals surface area contributed by atoms with Crippen molar-refractivity contribution in [3.8, 4) is 0 Å². The number of aromatic amines is 1. The van der Waals surface area contributed by atoms with E-state index < -0.39 is 0 Å². The lowest BCUT2D eigenvalue weighted by molar-refractivity contribution is 0.670. The van der Waals surface area contributed by atoms with Gasteiger partial charge in [0.25, 0.3) is 0 Å². The molecule has 4 heteroatoms. The van der Waals surface area contributed by atoms with Crippen molar-refractivity contribution >= 4 is 0 Å². The van der Waals surface area contributed by atoms with Gasteiger partial charge in [-0.05, 0) is 18.4 Å². The predicted octanol–water partition coefficient (Wildman–Crippen LogP) is 2.51. The molecule has 0 amide bonds. The molecule has 0 aliphatic heterocycles. The molecule has 3 N–H and O–H groups in total. The molecular formula is C14H18N4. The van der Waals surface area contributed by atoms with Crippen molar-refractivity contribution in [1.29, 1.82) is 0 Å². The SMILES string of the molecule is N[C@@H](c1ccccc1)c1n[nH]c(C2CCCC2)n1. The van der Waals surface area contributed by atoms with Crippen molar-refractivity contribution < 1.29 is 0 Å². The lowest BCUT2D eigenvalue weighted by atomic mass is 10.1. The number of benzene rings is 1. The minimum Gasteiger partial charge on any atom is -0.318 e. The lowest BCUT2D eigenvalue weighted by Crippen LogP contribution is -2.13. The summed E-state index contributed by atoms with van der Waals surface area (Å²) in [6, 6.07) is 9.74. The van der Waals surface area contributed by atoms with Crippen LogP contribution in [0.2, 0.25) is 0 Å². The van der Waals surface area contributed by atoms with Crippen molar-refractivity contribution in [2.45, 2.75) is 37.6 Å². The summed E-state index contributed by atoms with van der Waals surface area (Å²) in [5.41, 5.74) is 7.23. The van der Waals surface area contributed by atoms with Crippen molar-refractivity contribution in [1.82, 2.24) is 15.2 Å². The van der Waals surface area contributed by atoms with Gasteiger partial charge in [-0.2, -0.15) is 5.10 Å². The fraction of sp³-hybridized carbons (Fsp3) is 0.429.